The van der Waals surface area contributed by atoms with E-state index in [1.165, 1.54) is 5.56 Å². The van der Waals surface area contributed by atoms with Crippen molar-refractivity contribution in [2.45, 2.75) is 12.8 Å². The quantitative estimate of drug-likeness (QED) is 0.675. The van der Waals surface area contributed by atoms with Crippen LogP contribution in [0.1, 0.15) is 17.5 Å². The van der Waals surface area contributed by atoms with Gasteiger partial charge in [-0.05, 0) is 36.1 Å². The summed E-state index contributed by atoms with van der Waals surface area (Å²) in [6, 6.07) is 8.31. The van der Waals surface area contributed by atoms with E-state index >= 15 is 0 Å². The molecular formula is C11H8BrN. The fraction of sp³-hybridized carbons (Fsp3) is 0.182. The van der Waals surface area contributed by atoms with E-state index in [1.807, 2.05) is 18.2 Å². The number of nitrogens with zero attached hydrogens (tertiary/aromatic N) is 1. The largest absolute Gasteiger partial charge is 0.192 e. The maximum absolute atomic E-state index is 8.88. The Morgan fingerprint density at radius 3 is 3.00 bits per heavy atom. The molecule has 0 fully saturated rings. The summed E-state index contributed by atoms with van der Waals surface area (Å²) in [7, 11) is 0. The highest BCUT2D eigenvalue weighted by atomic mass is 79.9. The number of halogens is 1. The highest BCUT2D eigenvalue weighted by molar-refractivity contribution is 9.10. The van der Waals surface area contributed by atoms with Crippen molar-refractivity contribution in [1.29, 1.82) is 5.26 Å². The van der Waals surface area contributed by atoms with Gasteiger partial charge in [-0.1, -0.05) is 28.1 Å². The molecule has 1 aromatic carbocycles. The average molecular weight is 234 g/mol. The van der Waals surface area contributed by atoms with Crippen LogP contribution in [0.2, 0.25) is 0 Å². The Bertz CT molecular complexity index is 413. The lowest BCUT2D eigenvalue weighted by molar-refractivity contribution is 0.978. The first kappa shape index (κ1) is 8.52. The number of benzene rings is 1. The van der Waals surface area contributed by atoms with Gasteiger partial charge in [0.2, 0.25) is 0 Å². The molecule has 1 aromatic rings. The molecule has 0 unspecified atom stereocenters. The Morgan fingerprint density at radius 1 is 1.38 bits per heavy atom. The third-order valence-corrected chi connectivity index (χ3v) is 2.73. The van der Waals surface area contributed by atoms with Gasteiger partial charge in [-0.15, -0.1) is 0 Å². The van der Waals surface area contributed by atoms with Gasteiger partial charge in [-0.25, -0.2) is 0 Å². The van der Waals surface area contributed by atoms with E-state index in [4.69, 9.17) is 5.26 Å². The van der Waals surface area contributed by atoms with Crippen LogP contribution in [0.25, 0.3) is 5.57 Å². The van der Waals surface area contributed by atoms with Gasteiger partial charge in [0.25, 0.3) is 0 Å². The molecule has 0 spiro atoms. The monoisotopic (exact) mass is 233 g/mol. The molecule has 64 valence electrons. The number of nitriles is 1. The molecule has 0 N–H and O–H groups in total. The van der Waals surface area contributed by atoms with Gasteiger partial charge in [0.05, 0.1) is 11.6 Å². The number of aryl methyl sites for hydroxylation is 1. The van der Waals surface area contributed by atoms with Crippen molar-refractivity contribution < 1.29 is 0 Å². The number of hydrogen-bond acceptors (Lipinski definition) is 1. The Balaban J connectivity index is 2.57. The Morgan fingerprint density at radius 2 is 2.23 bits per heavy atom. The predicted molar refractivity (Wildman–Crippen MR) is 56.1 cm³/mol. The molecule has 0 heterocycles. The third-order valence-electron chi connectivity index (χ3n) is 2.24. The Labute approximate surface area is 85.8 Å². The summed E-state index contributed by atoms with van der Waals surface area (Å²) in [6.07, 6.45) is 4.03. The second-order valence-corrected chi connectivity index (χ2v) is 3.99. The molecule has 1 aliphatic carbocycles. The van der Waals surface area contributed by atoms with Crippen molar-refractivity contribution in [2.24, 2.45) is 0 Å². The maximum atomic E-state index is 8.88. The molecule has 2 heteroatoms. The van der Waals surface area contributed by atoms with Crippen LogP contribution in [0, 0.1) is 11.3 Å². The van der Waals surface area contributed by atoms with Crippen molar-refractivity contribution in [3.63, 3.8) is 0 Å². The number of rotatable bonds is 0. The van der Waals surface area contributed by atoms with E-state index in [1.54, 1.807) is 0 Å². The highest BCUT2D eigenvalue weighted by Crippen LogP contribution is 2.28. The molecule has 0 aromatic heterocycles. The van der Waals surface area contributed by atoms with Gasteiger partial charge in [-0.3, -0.25) is 0 Å². The average Bonchev–Trinajstić information content (AvgIpc) is 2.16. The first-order valence-corrected chi connectivity index (χ1v) is 4.99. The summed E-state index contributed by atoms with van der Waals surface area (Å²) in [6.45, 7) is 0. The number of fused-ring (bicyclic) bond motifs is 1. The lowest BCUT2D eigenvalue weighted by atomic mass is 9.92. The summed E-state index contributed by atoms with van der Waals surface area (Å²) in [5.41, 5.74) is 3.18. The minimum atomic E-state index is 0.814. The summed E-state index contributed by atoms with van der Waals surface area (Å²) in [5.74, 6) is 0. The van der Waals surface area contributed by atoms with Crippen LogP contribution in [0.3, 0.4) is 0 Å². The zero-order valence-electron chi connectivity index (χ0n) is 7.05. The molecule has 1 aliphatic rings. The van der Waals surface area contributed by atoms with Gasteiger partial charge < -0.3 is 0 Å². The van der Waals surface area contributed by atoms with E-state index in [9.17, 15) is 0 Å². The molecule has 2 rings (SSSR count). The van der Waals surface area contributed by atoms with E-state index in [0.717, 1.165) is 28.5 Å². The first-order valence-electron chi connectivity index (χ1n) is 4.20. The van der Waals surface area contributed by atoms with Crippen molar-refractivity contribution in [3.05, 3.63) is 39.9 Å². The SMILES string of the molecule is N#CC1=CCCc2cc(Br)ccc21. The van der Waals surface area contributed by atoms with Crippen LogP contribution in [0.5, 0.6) is 0 Å². The van der Waals surface area contributed by atoms with Crippen LogP contribution in [0.4, 0.5) is 0 Å². The van der Waals surface area contributed by atoms with Gasteiger partial charge >= 0.3 is 0 Å². The molecule has 13 heavy (non-hydrogen) atoms. The minimum Gasteiger partial charge on any atom is -0.192 e. The Hall–Kier alpha value is -1.07. The van der Waals surface area contributed by atoms with E-state index in [2.05, 4.69) is 28.1 Å². The van der Waals surface area contributed by atoms with Crippen molar-refractivity contribution in [1.82, 2.24) is 0 Å². The van der Waals surface area contributed by atoms with Crippen molar-refractivity contribution >= 4 is 21.5 Å². The number of hydrogen-bond donors (Lipinski definition) is 0. The number of allylic oxidation sites excluding steroid dienone is 2. The fourth-order valence-corrected chi connectivity index (χ4v) is 2.03. The topological polar surface area (TPSA) is 23.8 Å². The van der Waals surface area contributed by atoms with Gasteiger partial charge in [0.1, 0.15) is 0 Å². The lowest BCUT2D eigenvalue weighted by Gasteiger charge is -2.12. The summed E-state index contributed by atoms with van der Waals surface area (Å²) >= 11 is 3.43. The van der Waals surface area contributed by atoms with Crippen LogP contribution in [-0.2, 0) is 6.42 Å². The minimum absolute atomic E-state index is 0.814. The molecule has 0 saturated heterocycles. The van der Waals surface area contributed by atoms with Crippen molar-refractivity contribution in [2.75, 3.05) is 0 Å². The molecule has 0 bridgehead atoms. The summed E-state index contributed by atoms with van der Waals surface area (Å²) < 4.78 is 1.09. The molecule has 0 atom stereocenters. The zero-order valence-corrected chi connectivity index (χ0v) is 8.63. The second kappa shape index (κ2) is 3.35. The van der Waals surface area contributed by atoms with Gasteiger partial charge in [0, 0.05) is 4.47 Å². The van der Waals surface area contributed by atoms with Gasteiger partial charge in [-0.2, -0.15) is 5.26 Å². The molecule has 0 saturated carbocycles. The summed E-state index contributed by atoms with van der Waals surface area (Å²) in [5, 5.41) is 8.88. The Kier molecular flexibility index (Phi) is 2.20. The predicted octanol–water partition coefficient (Wildman–Crippen LogP) is 3.30. The molecular weight excluding hydrogens is 226 g/mol. The fourth-order valence-electron chi connectivity index (χ4n) is 1.62. The van der Waals surface area contributed by atoms with Crippen LogP contribution in [-0.4, -0.2) is 0 Å². The standard InChI is InChI=1S/C11H8BrN/c12-10-4-5-11-8(6-10)2-1-3-9(11)7-13/h3-6H,1-2H2. The van der Waals surface area contributed by atoms with Crippen LogP contribution in [0.15, 0.2) is 28.7 Å². The molecule has 0 amide bonds. The van der Waals surface area contributed by atoms with E-state index in [-0.39, 0.29) is 0 Å². The zero-order chi connectivity index (χ0) is 9.26. The lowest BCUT2D eigenvalue weighted by Crippen LogP contribution is -1.98. The summed E-state index contributed by atoms with van der Waals surface area (Å²) in [4.78, 5) is 0. The molecule has 0 aliphatic heterocycles. The van der Waals surface area contributed by atoms with Crippen LogP contribution >= 0.6 is 15.9 Å². The van der Waals surface area contributed by atoms with E-state index in [0.29, 0.717) is 0 Å². The smallest absolute Gasteiger partial charge is 0.0994 e. The maximum Gasteiger partial charge on any atom is 0.0994 e. The van der Waals surface area contributed by atoms with Gasteiger partial charge in [0.15, 0.2) is 0 Å². The third kappa shape index (κ3) is 1.52. The van der Waals surface area contributed by atoms with Crippen LogP contribution < -0.4 is 0 Å². The highest BCUT2D eigenvalue weighted by Gasteiger charge is 2.11. The van der Waals surface area contributed by atoms with Crippen molar-refractivity contribution in [3.8, 4) is 6.07 Å². The normalized spacial score (nSPS) is 14.3. The molecule has 0 radical (unpaired) electrons. The molecule has 1 nitrogen and oxygen atoms in total. The first-order chi connectivity index (χ1) is 6.31. The van der Waals surface area contributed by atoms with E-state index < -0.39 is 0 Å². The second-order valence-electron chi connectivity index (χ2n) is 3.07.